The van der Waals surface area contributed by atoms with E-state index in [0.29, 0.717) is 16.8 Å². The number of hydrogen-bond acceptors (Lipinski definition) is 5. The van der Waals surface area contributed by atoms with Crippen molar-refractivity contribution >= 4 is 39.7 Å². The molecule has 136 valence electrons. The first kappa shape index (κ1) is 17.3. The van der Waals surface area contributed by atoms with Gasteiger partial charge in [-0.15, -0.1) is 10.2 Å². The lowest BCUT2D eigenvalue weighted by atomic mass is 10.0. The number of aromatic nitrogens is 4. The molecule has 0 bridgehead atoms. The van der Waals surface area contributed by atoms with Crippen LogP contribution in [0, 0.1) is 5.92 Å². The molecule has 1 saturated heterocycles. The van der Waals surface area contributed by atoms with Crippen molar-refractivity contribution in [3.63, 3.8) is 0 Å². The molecule has 0 unspecified atom stereocenters. The maximum Gasteiger partial charge on any atom is 0.233 e. The molecule has 1 N–H and O–H groups in total. The number of hydrogen-bond donors (Lipinski definition) is 1. The lowest BCUT2D eigenvalue weighted by Crippen LogP contribution is -2.40. The van der Waals surface area contributed by atoms with Crippen molar-refractivity contribution in [3.05, 3.63) is 23.8 Å². The van der Waals surface area contributed by atoms with Crippen molar-refractivity contribution in [2.45, 2.75) is 38.3 Å². The van der Waals surface area contributed by atoms with Gasteiger partial charge in [0, 0.05) is 24.0 Å². The van der Waals surface area contributed by atoms with E-state index >= 15 is 0 Å². The molecule has 0 spiro atoms. The van der Waals surface area contributed by atoms with Crippen LogP contribution in [0.5, 0.6) is 0 Å². The number of H-pyrrole nitrogens is 1. The number of aryl methyl sites for hydroxylation is 1. The van der Waals surface area contributed by atoms with Crippen LogP contribution in [0.3, 0.4) is 0 Å². The van der Waals surface area contributed by atoms with E-state index < -0.39 is 0 Å². The number of nitrogens with zero attached hydrogens (tertiary/aromatic N) is 4. The lowest BCUT2D eigenvalue weighted by molar-refractivity contribution is -0.130. The molecule has 1 atom stereocenters. The average molecular weight is 369 g/mol. The van der Waals surface area contributed by atoms with E-state index in [1.165, 1.54) is 23.7 Å². The van der Waals surface area contributed by atoms with Crippen molar-refractivity contribution in [3.8, 4) is 0 Å². The van der Waals surface area contributed by atoms with Gasteiger partial charge in [0.2, 0.25) is 11.1 Å². The third-order valence-electron chi connectivity index (χ3n) is 5.00. The maximum absolute atomic E-state index is 12.4. The Balaban J connectivity index is 1.50. The number of piperidine rings is 1. The van der Waals surface area contributed by atoms with E-state index in [1.54, 1.807) is 0 Å². The Morgan fingerprint density at radius 2 is 2.27 bits per heavy atom. The van der Waals surface area contributed by atoms with Gasteiger partial charge in [0.15, 0.2) is 5.65 Å². The van der Waals surface area contributed by atoms with Crippen LogP contribution in [0.4, 0.5) is 0 Å². The minimum absolute atomic E-state index is 0.162. The molecule has 1 aliphatic rings. The van der Waals surface area contributed by atoms with Crippen LogP contribution in [0.15, 0.2) is 23.4 Å². The van der Waals surface area contributed by atoms with Gasteiger partial charge in [-0.3, -0.25) is 4.79 Å². The zero-order chi connectivity index (χ0) is 18.1. The van der Waals surface area contributed by atoms with Crippen molar-refractivity contribution in [1.29, 1.82) is 0 Å². The van der Waals surface area contributed by atoms with Crippen LogP contribution in [-0.2, 0) is 11.2 Å². The second-order valence-electron chi connectivity index (χ2n) is 7.03. The summed E-state index contributed by atoms with van der Waals surface area (Å²) in [7, 11) is 0. The van der Waals surface area contributed by atoms with E-state index in [4.69, 9.17) is 0 Å². The quantitative estimate of drug-likeness (QED) is 0.713. The second kappa shape index (κ2) is 7.23. The summed E-state index contributed by atoms with van der Waals surface area (Å²) in [5, 5.41) is 10.2. The molecule has 0 saturated carbocycles. The van der Waals surface area contributed by atoms with Crippen LogP contribution < -0.4 is 0 Å². The fourth-order valence-electron chi connectivity index (χ4n) is 3.52. The van der Waals surface area contributed by atoms with Gasteiger partial charge in [0.1, 0.15) is 5.52 Å². The Labute approximate surface area is 156 Å². The standard InChI is InChI=1S/C19H23N5OS/c1-3-13-6-7-15-14(9-13)17-18(20-15)21-19(23-22-17)26-11-16(25)24-8-4-5-12(2)10-24/h6-7,9,12H,3-5,8,10-11H2,1-2H3,(H,20,21,23)/t12-/m0/s1. The van der Waals surface area contributed by atoms with E-state index in [2.05, 4.69) is 52.2 Å². The number of carbonyl (C=O) groups is 1. The number of carbonyl (C=O) groups excluding carboxylic acids is 1. The van der Waals surface area contributed by atoms with Crippen LogP contribution in [0.1, 0.15) is 32.3 Å². The van der Waals surface area contributed by atoms with Gasteiger partial charge in [-0.05, 0) is 42.9 Å². The number of nitrogens with one attached hydrogen (secondary N) is 1. The molecular weight excluding hydrogens is 346 g/mol. The molecule has 4 rings (SSSR count). The highest BCUT2D eigenvalue weighted by Crippen LogP contribution is 2.25. The van der Waals surface area contributed by atoms with Crippen LogP contribution >= 0.6 is 11.8 Å². The first-order chi connectivity index (χ1) is 12.6. The van der Waals surface area contributed by atoms with Gasteiger partial charge in [-0.25, -0.2) is 4.98 Å². The molecule has 1 aromatic carbocycles. The van der Waals surface area contributed by atoms with Crippen molar-refractivity contribution in [2.75, 3.05) is 18.8 Å². The molecule has 3 aromatic rings. The Morgan fingerprint density at radius 3 is 3.08 bits per heavy atom. The largest absolute Gasteiger partial charge is 0.342 e. The predicted octanol–water partition coefficient (Wildman–Crippen LogP) is 3.42. The second-order valence-corrected chi connectivity index (χ2v) is 7.97. The number of fused-ring (bicyclic) bond motifs is 3. The zero-order valence-corrected chi connectivity index (χ0v) is 16.0. The topological polar surface area (TPSA) is 74.8 Å². The summed E-state index contributed by atoms with van der Waals surface area (Å²) in [5.74, 6) is 1.11. The van der Waals surface area contributed by atoms with E-state index in [-0.39, 0.29) is 5.91 Å². The molecule has 26 heavy (non-hydrogen) atoms. The molecule has 1 aliphatic heterocycles. The number of amides is 1. The number of thioether (sulfide) groups is 1. The summed E-state index contributed by atoms with van der Waals surface area (Å²) < 4.78 is 0. The van der Waals surface area contributed by atoms with E-state index in [1.807, 2.05) is 4.90 Å². The van der Waals surface area contributed by atoms with Crippen molar-refractivity contribution < 1.29 is 4.79 Å². The summed E-state index contributed by atoms with van der Waals surface area (Å²) in [5.41, 5.74) is 3.79. The van der Waals surface area contributed by atoms with Gasteiger partial charge in [0.05, 0.1) is 5.75 Å². The first-order valence-corrected chi connectivity index (χ1v) is 10.2. The summed E-state index contributed by atoms with van der Waals surface area (Å²) in [6.45, 7) is 6.06. The summed E-state index contributed by atoms with van der Waals surface area (Å²) >= 11 is 1.36. The summed E-state index contributed by atoms with van der Waals surface area (Å²) in [4.78, 5) is 22.2. The van der Waals surface area contributed by atoms with Crippen LogP contribution in [0.2, 0.25) is 0 Å². The normalized spacial score (nSPS) is 17.9. The summed E-state index contributed by atoms with van der Waals surface area (Å²) in [6.07, 6.45) is 3.28. The fraction of sp³-hybridized carbons (Fsp3) is 0.474. The Bertz CT molecular complexity index is 954. The summed E-state index contributed by atoms with van der Waals surface area (Å²) in [6, 6.07) is 6.31. The first-order valence-electron chi connectivity index (χ1n) is 9.19. The van der Waals surface area contributed by atoms with Gasteiger partial charge < -0.3 is 9.88 Å². The molecule has 3 heterocycles. The van der Waals surface area contributed by atoms with Crippen LogP contribution in [-0.4, -0.2) is 49.8 Å². The third-order valence-corrected chi connectivity index (χ3v) is 5.82. The van der Waals surface area contributed by atoms with Gasteiger partial charge >= 0.3 is 0 Å². The zero-order valence-electron chi connectivity index (χ0n) is 15.2. The number of likely N-dealkylation sites (tertiary alicyclic amines) is 1. The Kier molecular flexibility index (Phi) is 4.80. The van der Waals surface area contributed by atoms with E-state index in [0.717, 1.165) is 48.0 Å². The minimum Gasteiger partial charge on any atom is -0.342 e. The van der Waals surface area contributed by atoms with Gasteiger partial charge in [0.25, 0.3) is 0 Å². The lowest BCUT2D eigenvalue weighted by Gasteiger charge is -2.30. The minimum atomic E-state index is 0.162. The molecule has 0 radical (unpaired) electrons. The highest BCUT2D eigenvalue weighted by molar-refractivity contribution is 7.99. The van der Waals surface area contributed by atoms with Gasteiger partial charge in [-0.1, -0.05) is 31.7 Å². The average Bonchev–Trinajstić information content (AvgIpc) is 3.02. The molecule has 6 nitrogen and oxygen atoms in total. The van der Waals surface area contributed by atoms with Gasteiger partial charge in [-0.2, -0.15) is 0 Å². The molecule has 1 amide bonds. The fourth-order valence-corrected chi connectivity index (χ4v) is 4.21. The maximum atomic E-state index is 12.4. The molecule has 1 fully saturated rings. The number of aromatic amines is 1. The van der Waals surface area contributed by atoms with E-state index in [9.17, 15) is 4.79 Å². The van der Waals surface area contributed by atoms with Crippen molar-refractivity contribution in [2.24, 2.45) is 5.92 Å². The third kappa shape index (κ3) is 3.40. The molecule has 7 heteroatoms. The van der Waals surface area contributed by atoms with Crippen LogP contribution in [0.25, 0.3) is 22.1 Å². The SMILES string of the molecule is CCc1ccc2[nH]c3nc(SCC(=O)N4CCC[C@H](C)C4)nnc3c2c1. The molecule has 0 aliphatic carbocycles. The van der Waals surface area contributed by atoms with Crippen molar-refractivity contribution in [1.82, 2.24) is 25.1 Å². The number of benzene rings is 1. The smallest absolute Gasteiger partial charge is 0.233 e. The molecular formula is C19H23N5OS. The highest BCUT2D eigenvalue weighted by Gasteiger charge is 2.21. The Morgan fingerprint density at radius 1 is 1.38 bits per heavy atom. The monoisotopic (exact) mass is 369 g/mol. The predicted molar refractivity (Wildman–Crippen MR) is 104 cm³/mol. The highest BCUT2D eigenvalue weighted by atomic mass is 32.2. The number of rotatable bonds is 4. The molecule has 2 aromatic heterocycles. The Hall–Kier alpha value is -2.15.